The van der Waals surface area contributed by atoms with E-state index in [2.05, 4.69) is 4.98 Å². The van der Waals surface area contributed by atoms with E-state index in [4.69, 9.17) is 17.3 Å². The molecule has 0 aliphatic heterocycles. The van der Waals surface area contributed by atoms with Crippen molar-refractivity contribution >= 4 is 28.4 Å². The summed E-state index contributed by atoms with van der Waals surface area (Å²) in [4.78, 5) is 28.2. The molecule has 5 nitrogen and oxygen atoms in total. The number of nitrogens with zero attached hydrogens (tertiary/aromatic N) is 2. The molecule has 2 aromatic rings. The second kappa shape index (κ2) is 5.01. The Bertz CT molecular complexity index is 694. The molecule has 0 saturated heterocycles. The van der Waals surface area contributed by atoms with Gasteiger partial charge in [0.1, 0.15) is 11.9 Å². The number of carbonyl (C=O) groups is 1. The van der Waals surface area contributed by atoms with Crippen LogP contribution in [0, 0.1) is 0 Å². The summed E-state index contributed by atoms with van der Waals surface area (Å²) in [6, 6.07) is 6.14. The number of fused-ring (bicyclic) bond motifs is 1. The fourth-order valence-electron chi connectivity index (χ4n) is 1.95. The number of primary amides is 1. The van der Waals surface area contributed by atoms with Crippen LogP contribution in [0.25, 0.3) is 10.9 Å². The number of benzene rings is 1. The summed E-state index contributed by atoms with van der Waals surface area (Å²) in [6.07, 6.45) is 0. The van der Waals surface area contributed by atoms with E-state index in [1.165, 1.54) is 4.57 Å². The zero-order valence-corrected chi connectivity index (χ0v) is 11.4. The van der Waals surface area contributed by atoms with E-state index in [1.807, 2.05) is 0 Å². The normalized spacial score (nSPS) is 14.3. The number of hydrogen-bond donors (Lipinski definition) is 1. The smallest absolute Gasteiger partial charge is 0.262 e. The Kier molecular flexibility index (Phi) is 3.57. The second-order valence-corrected chi connectivity index (χ2v) is 5.01. The predicted molar refractivity (Wildman–Crippen MR) is 74.2 cm³/mol. The Balaban J connectivity index is 2.86. The monoisotopic (exact) mass is 279 g/mol. The van der Waals surface area contributed by atoms with Gasteiger partial charge in [-0.3, -0.25) is 14.2 Å². The van der Waals surface area contributed by atoms with Crippen LogP contribution in [0.3, 0.4) is 0 Å². The average molecular weight is 280 g/mol. The minimum Gasteiger partial charge on any atom is -0.368 e. The van der Waals surface area contributed by atoms with Crippen LogP contribution < -0.4 is 11.3 Å². The molecule has 6 heteroatoms. The number of carbonyl (C=O) groups excluding carboxylic acids is 1. The minimum atomic E-state index is -0.791. The Morgan fingerprint density at radius 3 is 2.58 bits per heavy atom. The van der Waals surface area contributed by atoms with Crippen LogP contribution in [0.15, 0.2) is 29.1 Å². The molecule has 0 aliphatic rings. The van der Waals surface area contributed by atoms with E-state index in [0.717, 1.165) is 0 Å². The second-order valence-electron chi connectivity index (χ2n) is 4.36. The van der Waals surface area contributed by atoms with Crippen molar-refractivity contribution in [2.24, 2.45) is 5.73 Å². The zero-order chi connectivity index (χ0) is 14.2. The van der Waals surface area contributed by atoms with Gasteiger partial charge in [0, 0.05) is 0 Å². The lowest BCUT2D eigenvalue weighted by Crippen LogP contribution is -2.35. The largest absolute Gasteiger partial charge is 0.368 e. The number of halogens is 1. The van der Waals surface area contributed by atoms with Crippen molar-refractivity contribution in [3.63, 3.8) is 0 Å². The number of aromatic nitrogens is 2. The van der Waals surface area contributed by atoms with Crippen molar-refractivity contribution in [2.45, 2.75) is 25.3 Å². The van der Waals surface area contributed by atoms with Crippen molar-refractivity contribution in [1.82, 2.24) is 9.55 Å². The van der Waals surface area contributed by atoms with Gasteiger partial charge >= 0.3 is 0 Å². The molecular weight excluding hydrogens is 266 g/mol. The average Bonchev–Trinajstić information content (AvgIpc) is 2.37. The SMILES string of the molecule is CC(Cl)c1nc2ccccc2c(=O)n1C(C)C(N)=O. The first-order valence-electron chi connectivity index (χ1n) is 5.88. The first-order chi connectivity index (χ1) is 8.93. The van der Waals surface area contributed by atoms with Gasteiger partial charge in [-0.25, -0.2) is 4.98 Å². The fourth-order valence-corrected chi connectivity index (χ4v) is 2.10. The molecule has 2 rings (SSSR count). The molecule has 1 aromatic carbocycles. The molecule has 0 spiro atoms. The summed E-state index contributed by atoms with van der Waals surface area (Å²) in [7, 11) is 0. The lowest BCUT2D eigenvalue weighted by molar-refractivity contribution is -0.120. The van der Waals surface area contributed by atoms with Gasteiger partial charge in [0.15, 0.2) is 0 Å². The van der Waals surface area contributed by atoms with Gasteiger partial charge in [-0.1, -0.05) is 12.1 Å². The number of amides is 1. The van der Waals surface area contributed by atoms with E-state index in [-0.39, 0.29) is 5.56 Å². The third kappa shape index (κ3) is 2.33. The van der Waals surface area contributed by atoms with Crippen LogP contribution in [-0.4, -0.2) is 15.5 Å². The Hall–Kier alpha value is -1.88. The summed E-state index contributed by atoms with van der Waals surface area (Å²) in [6.45, 7) is 3.26. The highest BCUT2D eigenvalue weighted by Crippen LogP contribution is 2.21. The molecule has 1 heterocycles. The molecule has 0 bridgehead atoms. The van der Waals surface area contributed by atoms with Crippen LogP contribution in [0.2, 0.25) is 0 Å². The molecule has 2 unspecified atom stereocenters. The maximum atomic E-state index is 12.5. The van der Waals surface area contributed by atoms with Gasteiger partial charge in [-0.15, -0.1) is 11.6 Å². The van der Waals surface area contributed by atoms with E-state index < -0.39 is 17.3 Å². The minimum absolute atomic E-state index is 0.306. The van der Waals surface area contributed by atoms with E-state index >= 15 is 0 Å². The Morgan fingerprint density at radius 1 is 1.37 bits per heavy atom. The first kappa shape index (κ1) is 13.5. The van der Waals surface area contributed by atoms with Crippen molar-refractivity contribution in [1.29, 1.82) is 0 Å². The van der Waals surface area contributed by atoms with Crippen LogP contribution in [-0.2, 0) is 4.79 Å². The highest BCUT2D eigenvalue weighted by molar-refractivity contribution is 6.20. The number of nitrogens with two attached hydrogens (primary N) is 1. The molecule has 100 valence electrons. The third-order valence-electron chi connectivity index (χ3n) is 2.99. The topological polar surface area (TPSA) is 78.0 Å². The van der Waals surface area contributed by atoms with Crippen molar-refractivity contribution in [2.75, 3.05) is 0 Å². The fraction of sp³-hybridized carbons (Fsp3) is 0.308. The number of rotatable bonds is 3. The molecule has 19 heavy (non-hydrogen) atoms. The molecule has 0 aliphatic carbocycles. The van der Waals surface area contributed by atoms with Gasteiger partial charge in [-0.2, -0.15) is 0 Å². The molecular formula is C13H14ClN3O2. The molecule has 2 atom stereocenters. The lowest BCUT2D eigenvalue weighted by Gasteiger charge is -2.18. The highest BCUT2D eigenvalue weighted by Gasteiger charge is 2.21. The molecule has 1 aromatic heterocycles. The highest BCUT2D eigenvalue weighted by atomic mass is 35.5. The van der Waals surface area contributed by atoms with Gasteiger partial charge in [-0.05, 0) is 26.0 Å². The number of para-hydroxylation sites is 1. The van der Waals surface area contributed by atoms with Crippen molar-refractivity contribution in [3.05, 3.63) is 40.4 Å². The maximum Gasteiger partial charge on any atom is 0.262 e. The third-order valence-corrected chi connectivity index (χ3v) is 3.19. The number of alkyl halides is 1. The van der Waals surface area contributed by atoms with Crippen molar-refractivity contribution in [3.8, 4) is 0 Å². The predicted octanol–water partition coefficient (Wildman–Crippen LogP) is 1.74. The molecule has 0 fully saturated rings. The van der Waals surface area contributed by atoms with Gasteiger partial charge in [0.2, 0.25) is 5.91 Å². The summed E-state index contributed by atoms with van der Waals surface area (Å²) >= 11 is 6.06. The van der Waals surface area contributed by atoms with Gasteiger partial charge < -0.3 is 5.73 Å². The Labute approximate surface area is 115 Å². The van der Waals surface area contributed by atoms with E-state index in [1.54, 1.807) is 38.1 Å². The summed E-state index contributed by atoms with van der Waals surface area (Å²) in [5.41, 5.74) is 5.53. The van der Waals surface area contributed by atoms with E-state index in [0.29, 0.717) is 16.7 Å². The molecule has 1 amide bonds. The van der Waals surface area contributed by atoms with Crippen LogP contribution in [0.4, 0.5) is 0 Å². The Morgan fingerprint density at radius 2 is 2.00 bits per heavy atom. The molecule has 0 radical (unpaired) electrons. The lowest BCUT2D eigenvalue weighted by atomic mass is 10.2. The summed E-state index contributed by atoms with van der Waals surface area (Å²) in [5.74, 6) is -0.255. The maximum absolute atomic E-state index is 12.5. The van der Waals surface area contributed by atoms with Gasteiger partial charge in [0.25, 0.3) is 5.56 Å². The van der Waals surface area contributed by atoms with Crippen LogP contribution in [0.1, 0.15) is 31.1 Å². The van der Waals surface area contributed by atoms with Crippen molar-refractivity contribution < 1.29 is 4.79 Å². The molecule has 0 saturated carbocycles. The van der Waals surface area contributed by atoms with Crippen LogP contribution >= 0.6 is 11.6 Å². The molecule has 2 N–H and O–H groups in total. The van der Waals surface area contributed by atoms with Crippen LogP contribution in [0.5, 0.6) is 0 Å². The standard InChI is InChI=1S/C13H14ClN3O2/c1-7(14)12-16-10-6-4-3-5-9(10)13(19)17(12)8(2)11(15)18/h3-8H,1-2H3,(H2,15,18). The zero-order valence-electron chi connectivity index (χ0n) is 10.6. The van der Waals surface area contributed by atoms with E-state index in [9.17, 15) is 9.59 Å². The number of hydrogen-bond acceptors (Lipinski definition) is 3. The van der Waals surface area contributed by atoms with Gasteiger partial charge in [0.05, 0.1) is 16.3 Å². The summed E-state index contributed by atoms with van der Waals surface area (Å²) in [5, 5.41) is -0.0595. The quantitative estimate of drug-likeness (QED) is 0.869. The first-order valence-corrected chi connectivity index (χ1v) is 6.31. The summed E-state index contributed by atoms with van der Waals surface area (Å²) < 4.78 is 1.27.